The Morgan fingerprint density at radius 3 is 2.84 bits per heavy atom. The highest BCUT2D eigenvalue weighted by atomic mass is 32.2. The fraction of sp³-hybridized carbons (Fsp3) is 0.571. The molecule has 0 amide bonds. The predicted molar refractivity (Wildman–Crippen MR) is 78.1 cm³/mol. The van der Waals surface area contributed by atoms with Crippen LogP contribution in [-0.2, 0) is 10.0 Å². The van der Waals surface area contributed by atoms with Crippen LogP contribution in [0.15, 0.2) is 35.3 Å². The number of rotatable bonds is 3. The van der Waals surface area contributed by atoms with Gasteiger partial charge in [-0.15, -0.1) is 0 Å². The lowest BCUT2D eigenvalue weighted by Crippen LogP contribution is -2.45. The van der Waals surface area contributed by atoms with Gasteiger partial charge in [0.05, 0.1) is 4.91 Å². The molecule has 1 unspecified atom stereocenters. The van der Waals surface area contributed by atoms with Gasteiger partial charge in [0, 0.05) is 18.0 Å². The molecule has 19 heavy (non-hydrogen) atoms. The van der Waals surface area contributed by atoms with E-state index in [2.05, 4.69) is 10.0 Å². The minimum absolute atomic E-state index is 0.00706. The Kier molecular flexibility index (Phi) is 4.28. The molecule has 1 atom stereocenters. The lowest BCUT2D eigenvalue weighted by Gasteiger charge is -2.24. The zero-order valence-electron chi connectivity index (χ0n) is 11.5. The molecule has 0 aromatic carbocycles. The van der Waals surface area contributed by atoms with Crippen LogP contribution in [0.2, 0.25) is 0 Å². The van der Waals surface area contributed by atoms with Crippen LogP contribution in [0.3, 0.4) is 0 Å². The molecule has 4 nitrogen and oxygen atoms in total. The first-order valence-corrected chi connectivity index (χ1v) is 8.19. The Balaban J connectivity index is 2.17. The summed E-state index contributed by atoms with van der Waals surface area (Å²) < 4.78 is 27.6. The van der Waals surface area contributed by atoms with Crippen molar-refractivity contribution in [3.8, 4) is 0 Å². The molecule has 1 aliphatic carbocycles. The molecule has 0 bridgehead atoms. The van der Waals surface area contributed by atoms with Crippen molar-refractivity contribution in [1.82, 2.24) is 10.0 Å². The van der Waals surface area contributed by atoms with Gasteiger partial charge in [0.1, 0.15) is 0 Å². The summed E-state index contributed by atoms with van der Waals surface area (Å²) in [4.78, 5) is 0.355. The molecule has 0 spiro atoms. The van der Waals surface area contributed by atoms with Crippen LogP contribution in [0.25, 0.3) is 0 Å². The zero-order valence-corrected chi connectivity index (χ0v) is 12.3. The molecular weight excluding hydrogens is 260 g/mol. The van der Waals surface area contributed by atoms with E-state index >= 15 is 0 Å². The van der Waals surface area contributed by atoms with E-state index in [-0.39, 0.29) is 11.5 Å². The van der Waals surface area contributed by atoms with Crippen LogP contribution < -0.4 is 10.0 Å². The Bertz CT molecular complexity index is 510. The molecule has 1 fully saturated rings. The van der Waals surface area contributed by atoms with Crippen molar-refractivity contribution in [1.29, 1.82) is 0 Å². The summed E-state index contributed by atoms with van der Waals surface area (Å²) in [6.07, 6.45) is 11.0. The summed E-state index contributed by atoms with van der Waals surface area (Å²) >= 11 is 0. The molecule has 2 rings (SSSR count). The predicted octanol–water partition coefficient (Wildman–Crippen LogP) is 1.69. The Morgan fingerprint density at radius 1 is 1.37 bits per heavy atom. The maximum Gasteiger partial charge on any atom is 0.240 e. The number of sulfonamides is 1. The first kappa shape index (κ1) is 14.5. The average Bonchev–Trinajstić information content (AvgIpc) is 2.51. The Labute approximate surface area is 115 Å². The monoisotopic (exact) mass is 282 g/mol. The van der Waals surface area contributed by atoms with Crippen molar-refractivity contribution in [3.63, 3.8) is 0 Å². The van der Waals surface area contributed by atoms with Gasteiger partial charge in [-0.25, -0.2) is 13.1 Å². The van der Waals surface area contributed by atoms with Gasteiger partial charge >= 0.3 is 0 Å². The van der Waals surface area contributed by atoms with E-state index in [0.29, 0.717) is 11.4 Å². The molecule has 1 saturated heterocycles. The van der Waals surface area contributed by atoms with Crippen LogP contribution in [0.5, 0.6) is 0 Å². The van der Waals surface area contributed by atoms with Crippen molar-refractivity contribution in [3.05, 3.63) is 35.3 Å². The summed E-state index contributed by atoms with van der Waals surface area (Å²) in [6.45, 7) is 5.66. The zero-order chi connectivity index (χ0) is 13.9. The first-order chi connectivity index (χ1) is 8.89. The van der Waals surface area contributed by atoms with Gasteiger partial charge in [0.15, 0.2) is 0 Å². The third-order valence-corrected chi connectivity index (χ3v) is 4.86. The third kappa shape index (κ3) is 4.03. The molecular formula is C14H22N2O2S. The molecule has 1 aliphatic heterocycles. The van der Waals surface area contributed by atoms with Crippen molar-refractivity contribution in [2.24, 2.45) is 5.41 Å². The quantitative estimate of drug-likeness (QED) is 0.828. The maximum absolute atomic E-state index is 12.4. The summed E-state index contributed by atoms with van der Waals surface area (Å²) in [5.41, 5.74) is -0.252. The van der Waals surface area contributed by atoms with E-state index in [4.69, 9.17) is 0 Å². The van der Waals surface area contributed by atoms with E-state index < -0.39 is 10.0 Å². The molecule has 2 N–H and O–H groups in total. The topological polar surface area (TPSA) is 58.2 Å². The lowest BCUT2D eigenvalue weighted by atomic mass is 9.93. The Morgan fingerprint density at radius 2 is 2.16 bits per heavy atom. The van der Waals surface area contributed by atoms with Crippen molar-refractivity contribution >= 4 is 10.0 Å². The van der Waals surface area contributed by atoms with Gasteiger partial charge in [-0.3, -0.25) is 0 Å². The largest absolute Gasteiger partial charge is 0.315 e. The third-order valence-electron chi connectivity index (χ3n) is 3.34. The molecule has 0 radical (unpaired) electrons. The van der Waals surface area contributed by atoms with E-state index in [1.165, 1.54) is 0 Å². The molecule has 1 heterocycles. The molecule has 0 aromatic rings. The number of hydrogen-bond donors (Lipinski definition) is 2. The second-order valence-electron chi connectivity index (χ2n) is 5.75. The van der Waals surface area contributed by atoms with Gasteiger partial charge in [0.25, 0.3) is 0 Å². The number of allylic oxidation sites excluding steroid dienone is 5. The van der Waals surface area contributed by atoms with Crippen molar-refractivity contribution < 1.29 is 8.42 Å². The maximum atomic E-state index is 12.4. The molecule has 5 heteroatoms. The van der Waals surface area contributed by atoms with Crippen LogP contribution in [0.4, 0.5) is 0 Å². The number of piperidine rings is 1. The lowest BCUT2D eigenvalue weighted by molar-refractivity contribution is 0.430. The van der Waals surface area contributed by atoms with Crippen LogP contribution >= 0.6 is 0 Å². The first-order valence-electron chi connectivity index (χ1n) is 6.71. The van der Waals surface area contributed by atoms with E-state index in [1.807, 2.05) is 26.0 Å². The van der Waals surface area contributed by atoms with Crippen molar-refractivity contribution in [2.45, 2.75) is 32.7 Å². The van der Waals surface area contributed by atoms with E-state index in [0.717, 1.165) is 19.4 Å². The van der Waals surface area contributed by atoms with Crippen molar-refractivity contribution in [2.75, 3.05) is 13.1 Å². The van der Waals surface area contributed by atoms with Crippen LogP contribution in [-0.4, -0.2) is 27.5 Å². The summed E-state index contributed by atoms with van der Waals surface area (Å²) in [5.74, 6) is 0. The standard InChI is InChI=1S/C14H22N2O2S/c1-14(2)8-4-3-7-13(10-14)19(17,18)16-12-6-5-9-15-11-12/h3-4,7-8,10,12,15-16H,5-6,9,11H2,1-2H3. The summed E-state index contributed by atoms with van der Waals surface area (Å²) in [6, 6.07) is -0.00706. The summed E-state index contributed by atoms with van der Waals surface area (Å²) in [7, 11) is -3.43. The highest BCUT2D eigenvalue weighted by molar-refractivity contribution is 7.93. The van der Waals surface area contributed by atoms with E-state index in [9.17, 15) is 8.42 Å². The van der Waals surface area contributed by atoms with Gasteiger partial charge in [-0.2, -0.15) is 0 Å². The van der Waals surface area contributed by atoms with E-state index in [1.54, 1.807) is 18.2 Å². The molecule has 106 valence electrons. The van der Waals surface area contributed by atoms with Gasteiger partial charge < -0.3 is 5.32 Å². The number of nitrogens with one attached hydrogen (secondary N) is 2. The minimum atomic E-state index is -3.43. The second kappa shape index (κ2) is 5.61. The molecule has 0 saturated carbocycles. The smallest absolute Gasteiger partial charge is 0.240 e. The molecule has 0 aromatic heterocycles. The fourth-order valence-electron chi connectivity index (χ4n) is 2.32. The van der Waals surface area contributed by atoms with Crippen LogP contribution in [0.1, 0.15) is 26.7 Å². The Hall–Kier alpha value is -0.910. The highest BCUT2D eigenvalue weighted by Gasteiger charge is 2.25. The molecule has 2 aliphatic rings. The van der Waals surface area contributed by atoms with Crippen LogP contribution in [0, 0.1) is 5.41 Å². The van der Waals surface area contributed by atoms with Gasteiger partial charge in [-0.1, -0.05) is 38.2 Å². The number of hydrogen-bond acceptors (Lipinski definition) is 3. The highest BCUT2D eigenvalue weighted by Crippen LogP contribution is 2.26. The van der Waals surface area contributed by atoms with Gasteiger partial charge in [-0.05, 0) is 25.5 Å². The second-order valence-corrected chi connectivity index (χ2v) is 7.46. The normalized spacial score (nSPS) is 26.8. The van der Waals surface area contributed by atoms with Gasteiger partial charge in [0.2, 0.25) is 10.0 Å². The average molecular weight is 282 g/mol. The SMILES string of the molecule is CC1(C)C=CC=CC(S(=O)(=O)NC2CCCNC2)=C1. The fourth-order valence-corrected chi connectivity index (χ4v) is 3.82. The minimum Gasteiger partial charge on any atom is -0.315 e. The summed E-state index contributed by atoms with van der Waals surface area (Å²) in [5, 5.41) is 3.21.